The maximum Gasteiger partial charge on any atom is 0.121 e. The van der Waals surface area contributed by atoms with Crippen LogP contribution in [0.4, 0.5) is 0 Å². The van der Waals surface area contributed by atoms with Crippen LogP contribution in [0.1, 0.15) is 40.3 Å². The Morgan fingerprint density at radius 1 is 1.16 bits per heavy atom. The number of ether oxygens (including phenoxy) is 1. The maximum atomic E-state index is 5.74. The molecule has 0 N–H and O–H groups in total. The van der Waals surface area contributed by atoms with Crippen LogP contribution >= 0.6 is 0 Å². The molecule has 0 aliphatic carbocycles. The van der Waals surface area contributed by atoms with E-state index in [4.69, 9.17) is 4.74 Å². The van der Waals surface area contributed by atoms with E-state index in [1.807, 2.05) is 12.1 Å². The van der Waals surface area contributed by atoms with Crippen LogP contribution in [0.3, 0.4) is 0 Å². The molecule has 19 heavy (non-hydrogen) atoms. The Hall–Kier alpha value is -1.64. The van der Waals surface area contributed by atoms with Gasteiger partial charge in [0.25, 0.3) is 0 Å². The molecule has 2 rings (SSSR count). The summed E-state index contributed by atoms with van der Waals surface area (Å²) in [7, 11) is 0. The molecule has 1 heterocycles. The predicted molar refractivity (Wildman–Crippen MR) is 78.6 cm³/mol. The molecule has 0 radical (unpaired) electrons. The molecule has 0 aliphatic heterocycles. The second-order valence-corrected chi connectivity index (χ2v) is 6.36. The molecule has 1 aromatic heterocycles. The molecule has 3 heteroatoms. The first-order valence-electron chi connectivity index (χ1n) is 6.76. The average Bonchev–Trinajstić information content (AvgIpc) is 2.34. The van der Waals surface area contributed by atoms with E-state index in [1.54, 1.807) is 6.33 Å². The standard InChI is InChI=1S/C16H22N2O/c1-11(2)9-19-12-6-7-13-14(8-12)17-10-18-15(13)16(3,4)5/h6-8,10-11H,9H2,1-5H3. The summed E-state index contributed by atoms with van der Waals surface area (Å²) in [5.41, 5.74) is 2.04. The molecule has 0 unspecified atom stereocenters. The molecule has 0 saturated carbocycles. The number of fused-ring (bicyclic) bond motifs is 1. The summed E-state index contributed by atoms with van der Waals surface area (Å²) < 4.78 is 5.74. The molecule has 0 atom stereocenters. The highest BCUT2D eigenvalue weighted by molar-refractivity contribution is 5.82. The fourth-order valence-electron chi connectivity index (χ4n) is 1.99. The molecule has 0 spiro atoms. The number of rotatable bonds is 3. The molecule has 0 saturated heterocycles. The maximum absolute atomic E-state index is 5.74. The minimum absolute atomic E-state index is 0.0154. The van der Waals surface area contributed by atoms with Gasteiger partial charge in [-0.3, -0.25) is 0 Å². The summed E-state index contributed by atoms with van der Waals surface area (Å²) in [4.78, 5) is 8.78. The Balaban J connectivity index is 2.40. The van der Waals surface area contributed by atoms with Crippen LogP contribution in [-0.4, -0.2) is 16.6 Å². The summed E-state index contributed by atoms with van der Waals surface area (Å²) in [6.45, 7) is 11.5. The van der Waals surface area contributed by atoms with E-state index >= 15 is 0 Å². The molecule has 0 amide bonds. The zero-order valence-electron chi connectivity index (χ0n) is 12.4. The Morgan fingerprint density at radius 3 is 2.53 bits per heavy atom. The Morgan fingerprint density at radius 2 is 1.89 bits per heavy atom. The van der Waals surface area contributed by atoms with Crippen molar-refractivity contribution in [1.29, 1.82) is 0 Å². The van der Waals surface area contributed by atoms with E-state index in [0.717, 1.165) is 29.0 Å². The first-order chi connectivity index (χ1) is 8.88. The lowest BCUT2D eigenvalue weighted by molar-refractivity contribution is 0.271. The van der Waals surface area contributed by atoms with Crippen LogP contribution in [0.2, 0.25) is 0 Å². The number of benzene rings is 1. The predicted octanol–water partition coefficient (Wildman–Crippen LogP) is 3.96. The van der Waals surface area contributed by atoms with Crippen molar-refractivity contribution in [3.05, 3.63) is 30.2 Å². The third kappa shape index (κ3) is 3.22. The molecular weight excluding hydrogens is 236 g/mol. The van der Waals surface area contributed by atoms with E-state index in [0.29, 0.717) is 5.92 Å². The van der Waals surface area contributed by atoms with Gasteiger partial charge in [0.2, 0.25) is 0 Å². The summed E-state index contributed by atoms with van der Waals surface area (Å²) in [5, 5.41) is 1.10. The monoisotopic (exact) mass is 258 g/mol. The lowest BCUT2D eigenvalue weighted by atomic mass is 9.89. The van der Waals surface area contributed by atoms with Gasteiger partial charge in [-0.1, -0.05) is 34.6 Å². The molecule has 3 nitrogen and oxygen atoms in total. The molecular formula is C16H22N2O. The van der Waals surface area contributed by atoms with E-state index in [-0.39, 0.29) is 5.41 Å². The fourth-order valence-corrected chi connectivity index (χ4v) is 1.99. The van der Waals surface area contributed by atoms with Gasteiger partial charge in [-0.2, -0.15) is 0 Å². The van der Waals surface area contributed by atoms with Gasteiger partial charge in [0.15, 0.2) is 0 Å². The second kappa shape index (κ2) is 5.16. The van der Waals surface area contributed by atoms with E-state index in [9.17, 15) is 0 Å². The quantitative estimate of drug-likeness (QED) is 0.835. The Kier molecular flexibility index (Phi) is 3.74. The summed E-state index contributed by atoms with van der Waals surface area (Å²) in [6, 6.07) is 6.06. The van der Waals surface area contributed by atoms with Crippen molar-refractivity contribution in [3.8, 4) is 5.75 Å². The third-order valence-electron chi connectivity index (χ3n) is 2.90. The summed E-state index contributed by atoms with van der Waals surface area (Å²) in [5.74, 6) is 1.39. The fraction of sp³-hybridized carbons (Fsp3) is 0.500. The van der Waals surface area contributed by atoms with Gasteiger partial charge in [-0.15, -0.1) is 0 Å². The highest BCUT2D eigenvalue weighted by Crippen LogP contribution is 2.28. The largest absolute Gasteiger partial charge is 0.493 e. The van der Waals surface area contributed by atoms with Crippen LogP contribution in [0, 0.1) is 5.92 Å². The van der Waals surface area contributed by atoms with E-state index < -0.39 is 0 Å². The van der Waals surface area contributed by atoms with Crippen molar-refractivity contribution < 1.29 is 4.74 Å². The van der Waals surface area contributed by atoms with Crippen LogP contribution in [0.15, 0.2) is 24.5 Å². The Labute approximate surface area is 115 Å². The second-order valence-electron chi connectivity index (χ2n) is 6.36. The van der Waals surface area contributed by atoms with Crippen molar-refractivity contribution in [3.63, 3.8) is 0 Å². The minimum Gasteiger partial charge on any atom is -0.493 e. The zero-order chi connectivity index (χ0) is 14.0. The SMILES string of the molecule is CC(C)COc1ccc2c(C(C)(C)C)ncnc2c1. The number of hydrogen-bond donors (Lipinski definition) is 0. The summed E-state index contributed by atoms with van der Waals surface area (Å²) >= 11 is 0. The highest BCUT2D eigenvalue weighted by Gasteiger charge is 2.18. The molecule has 0 fully saturated rings. The average molecular weight is 258 g/mol. The first kappa shape index (κ1) is 13.8. The number of nitrogens with zero attached hydrogens (tertiary/aromatic N) is 2. The zero-order valence-corrected chi connectivity index (χ0v) is 12.4. The van der Waals surface area contributed by atoms with Crippen LogP contribution in [0.5, 0.6) is 5.75 Å². The van der Waals surface area contributed by atoms with Crippen molar-refractivity contribution in [2.75, 3.05) is 6.61 Å². The summed E-state index contributed by atoms with van der Waals surface area (Å²) in [6.07, 6.45) is 1.63. The van der Waals surface area contributed by atoms with Gasteiger partial charge >= 0.3 is 0 Å². The van der Waals surface area contributed by atoms with Gasteiger partial charge < -0.3 is 4.74 Å². The minimum atomic E-state index is 0.0154. The van der Waals surface area contributed by atoms with Crippen molar-refractivity contribution in [2.24, 2.45) is 5.92 Å². The molecule has 0 aliphatic rings. The molecule has 0 bridgehead atoms. The van der Waals surface area contributed by atoms with Crippen LogP contribution < -0.4 is 4.74 Å². The third-order valence-corrected chi connectivity index (χ3v) is 2.90. The lowest BCUT2D eigenvalue weighted by Gasteiger charge is -2.19. The van der Waals surface area contributed by atoms with Gasteiger partial charge in [-0.05, 0) is 18.1 Å². The van der Waals surface area contributed by atoms with E-state index in [1.165, 1.54) is 0 Å². The molecule has 2 aromatic rings. The number of aromatic nitrogens is 2. The van der Waals surface area contributed by atoms with Gasteiger partial charge in [0.1, 0.15) is 12.1 Å². The lowest BCUT2D eigenvalue weighted by Crippen LogP contribution is -2.14. The van der Waals surface area contributed by atoms with Crippen LogP contribution in [0.25, 0.3) is 10.9 Å². The van der Waals surface area contributed by atoms with Gasteiger partial charge in [-0.25, -0.2) is 9.97 Å². The van der Waals surface area contributed by atoms with Crippen LogP contribution in [-0.2, 0) is 5.41 Å². The van der Waals surface area contributed by atoms with Gasteiger partial charge in [0.05, 0.1) is 17.8 Å². The van der Waals surface area contributed by atoms with Crippen molar-refractivity contribution >= 4 is 10.9 Å². The van der Waals surface area contributed by atoms with Crippen molar-refractivity contribution in [2.45, 2.75) is 40.0 Å². The first-order valence-corrected chi connectivity index (χ1v) is 6.76. The normalized spacial score (nSPS) is 12.1. The van der Waals surface area contributed by atoms with Gasteiger partial charge in [0, 0.05) is 16.9 Å². The van der Waals surface area contributed by atoms with E-state index in [2.05, 4.69) is 50.7 Å². The topological polar surface area (TPSA) is 35.0 Å². The smallest absolute Gasteiger partial charge is 0.121 e. The highest BCUT2D eigenvalue weighted by atomic mass is 16.5. The molecule has 1 aromatic carbocycles. The van der Waals surface area contributed by atoms with Crippen molar-refractivity contribution in [1.82, 2.24) is 9.97 Å². The molecule has 102 valence electrons. The Bertz CT molecular complexity index is 570. The number of hydrogen-bond acceptors (Lipinski definition) is 3.